The molecule has 0 bridgehead atoms. The van der Waals surface area contributed by atoms with Crippen molar-refractivity contribution in [3.63, 3.8) is 0 Å². The van der Waals surface area contributed by atoms with Gasteiger partial charge in [-0.1, -0.05) is 22.4 Å². The zero-order valence-corrected chi connectivity index (χ0v) is 10.1. The number of hydrogen-bond acceptors (Lipinski definition) is 6. The first kappa shape index (κ1) is 12.1. The van der Waals surface area contributed by atoms with Gasteiger partial charge in [-0.25, -0.2) is 9.42 Å². The topological polar surface area (TPSA) is 91.2 Å². The Morgan fingerprint density at radius 2 is 2.17 bits per heavy atom. The standard InChI is InChI=1S/C12H13N3O3/c1-7-4-3-5-9(13)11(7)12(16)17-6-10-8(2)14-18-15-10/h3-5H,6,13H2,1-2H3. The van der Waals surface area contributed by atoms with E-state index in [0.29, 0.717) is 22.6 Å². The lowest BCUT2D eigenvalue weighted by Gasteiger charge is -2.08. The van der Waals surface area contributed by atoms with E-state index in [-0.39, 0.29) is 6.61 Å². The molecule has 1 aromatic carbocycles. The average molecular weight is 247 g/mol. The molecule has 0 saturated heterocycles. The van der Waals surface area contributed by atoms with Gasteiger partial charge in [-0.3, -0.25) is 0 Å². The number of nitrogens with zero attached hydrogens (tertiary/aromatic N) is 2. The van der Waals surface area contributed by atoms with Gasteiger partial charge in [0.1, 0.15) is 18.0 Å². The highest BCUT2D eigenvalue weighted by Crippen LogP contribution is 2.18. The van der Waals surface area contributed by atoms with Gasteiger partial charge < -0.3 is 10.5 Å². The summed E-state index contributed by atoms with van der Waals surface area (Å²) in [7, 11) is 0. The smallest absolute Gasteiger partial charge is 0.340 e. The first-order valence-electron chi connectivity index (χ1n) is 5.40. The molecule has 0 fully saturated rings. The van der Waals surface area contributed by atoms with Gasteiger partial charge in [0.25, 0.3) is 0 Å². The molecule has 6 nitrogen and oxygen atoms in total. The van der Waals surface area contributed by atoms with Crippen LogP contribution in [0.15, 0.2) is 22.8 Å². The maximum atomic E-state index is 11.9. The van der Waals surface area contributed by atoms with Crippen LogP contribution in [-0.2, 0) is 11.3 Å². The number of aryl methyl sites for hydroxylation is 2. The van der Waals surface area contributed by atoms with Crippen molar-refractivity contribution < 1.29 is 14.2 Å². The molecule has 1 heterocycles. The quantitative estimate of drug-likeness (QED) is 0.654. The van der Waals surface area contributed by atoms with E-state index >= 15 is 0 Å². The molecule has 6 heteroatoms. The van der Waals surface area contributed by atoms with Gasteiger partial charge in [-0.05, 0) is 25.5 Å². The second-order valence-corrected chi connectivity index (χ2v) is 3.91. The van der Waals surface area contributed by atoms with Crippen LogP contribution in [0.4, 0.5) is 5.69 Å². The molecule has 0 aliphatic rings. The van der Waals surface area contributed by atoms with Crippen molar-refractivity contribution >= 4 is 11.7 Å². The third-order valence-corrected chi connectivity index (χ3v) is 2.60. The fraction of sp³-hybridized carbons (Fsp3) is 0.250. The molecule has 2 rings (SSSR count). The van der Waals surface area contributed by atoms with Gasteiger partial charge in [-0.15, -0.1) is 0 Å². The minimum absolute atomic E-state index is 0.0158. The number of benzene rings is 1. The summed E-state index contributed by atoms with van der Waals surface area (Å²) in [6, 6.07) is 5.25. The molecule has 0 unspecified atom stereocenters. The number of rotatable bonds is 3. The van der Waals surface area contributed by atoms with E-state index < -0.39 is 5.97 Å². The first-order valence-corrected chi connectivity index (χ1v) is 5.40. The fourth-order valence-corrected chi connectivity index (χ4v) is 1.56. The third kappa shape index (κ3) is 2.32. The summed E-state index contributed by atoms with van der Waals surface area (Å²) in [4.78, 5) is 11.9. The van der Waals surface area contributed by atoms with Gasteiger partial charge in [0.15, 0.2) is 0 Å². The molecule has 94 valence electrons. The fourth-order valence-electron chi connectivity index (χ4n) is 1.56. The molecule has 0 aliphatic carbocycles. The summed E-state index contributed by atoms with van der Waals surface area (Å²) in [6.45, 7) is 3.54. The number of ether oxygens (including phenoxy) is 1. The highest BCUT2D eigenvalue weighted by Gasteiger charge is 2.15. The number of carbonyl (C=O) groups excluding carboxylic acids is 1. The zero-order valence-electron chi connectivity index (χ0n) is 10.1. The SMILES string of the molecule is Cc1cccc(N)c1C(=O)OCc1nonc1C. The lowest BCUT2D eigenvalue weighted by molar-refractivity contribution is 0.0464. The second-order valence-electron chi connectivity index (χ2n) is 3.91. The second kappa shape index (κ2) is 4.87. The monoisotopic (exact) mass is 247 g/mol. The number of nitrogen functional groups attached to an aromatic ring is 1. The molecule has 0 atom stereocenters. The first-order chi connectivity index (χ1) is 8.59. The number of carbonyl (C=O) groups is 1. The molecule has 2 N–H and O–H groups in total. The van der Waals surface area contributed by atoms with E-state index in [1.54, 1.807) is 32.0 Å². The summed E-state index contributed by atoms with van der Waals surface area (Å²) < 4.78 is 9.65. The van der Waals surface area contributed by atoms with E-state index in [2.05, 4.69) is 14.9 Å². The molecule has 0 radical (unpaired) electrons. The number of nitrogens with two attached hydrogens (primary N) is 1. The van der Waals surface area contributed by atoms with Gasteiger partial charge >= 0.3 is 5.97 Å². The zero-order chi connectivity index (χ0) is 13.1. The average Bonchev–Trinajstić information content (AvgIpc) is 2.72. The Bertz CT molecular complexity index is 557. The highest BCUT2D eigenvalue weighted by atomic mass is 16.6. The molecule has 0 aliphatic heterocycles. The van der Waals surface area contributed by atoms with E-state index in [9.17, 15) is 4.79 Å². The Morgan fingerprint density at radius 1 is 1.39 bits per heavy atom. The van der Waals surface area contributed by atoms with Crippen molar-refractivity contribution in [2.24, 2.45) is 0 Å². The van der Waals surface area contributed by atoms with Crippen molar-refractivity contribution in [2.75, 3.05) is 5.73 Å². The summed E-state index contributed by atoms with van der Waals surface area (Å²) in [5.74, 6) is -0.479. The molecule has 18 heavy (non-hydrogen) atoms. The Morgan fingerprint density at radius 3 is 2.78 bits per heavy atom. The van der Waals surface area contributed by atoms with Crippen LogP contribution in [0.5, 0.6) is 0 Å². The maximum Gasteiger partial charge on any atom is 0.340 e. The third-order valence-electron chi connectivity index (χ3n) is 2.60. The minimum atomic E-state index is -0.479. The normalized spacial score (nSPS) is 10.3. The highest BCUT2D eigenvalue weighted by molar-refractivity contribution is 5.96. The van der Waals surface area contributed by atoms with Crippen LogP contribution in [0.25, 0.3) is 0 Å². The largest absolute Gasteiger partial charge is 0.455 e. The van der Waals surface area contributed by atoms with Gasteiger partial charge in [0.05, 0.1) is 5.56 Å². The van der Waals surface area contributed by atoms with Crippen LogP contribution in [0, 0.1) is 13.8 Å². The van der Waals surface area contributed by atoms with Crippen LogP contribution < -0.4 is 5.73 Å². The lowest BCUT2D eigenvalue weighted by atomic mass is 10.1. The number of esters is 1. The van der Waals surface area contributed by atoms with Crippen molar-refractivity contribution in [1.29, 1.82) is 0 Å². The molecule has 0 saturated carbocycles. The molecule has 0 amide bonds. The summed E-state index contributed by atoms with van der Waals surface area (Å²) in [5, 5.41) is 7.23. The molecule has 0 spiro atoms. The molecular formula is C12H13N3O3. The van der Waals surface area contributed by atoms with E-state index in [1.807, 2.05) is 0 Å². The number of anilines is 1. The van der Waals surface area contributed by atoms with Crippen molar-refractivity contribution in [1.82, 2.24) is 10.3 Å². The van der Waals surface area contributed by atoms with Crippen LogP contribution in [0.1, 0.15) is 27.3 Å². The van der Waals surface area contributed by atoms with Crippen LogP contribution in [0.3, 0.4) is 0 Å². The van der Waals surface area contributed by atoms with Crippen LogP contribution in [-0.4, -0.2) is 16.3 Å². The van der Waals surface area contributed by atoms with E-state index in [0.717, 1.165) is 5.56 Å². The number of hydrogen-bond donors (Lipinski definition) is 1. The van der Waals surface area contributed by atoms with Crippen LogP contribution in [0.2, 0.25) is 0 Å². The predicted octanol–water partition coefficient (Wildman–Crippen LogP) is 1.63. The van der Waals surface area contributed by atoms with Gasteiger partial charge in [0.2, 0.25) is 0 Å². The van der Waals surface area contributed by atoms with Gasteiger partial charge in [-0.2, -0.15) is 0 Å². The number of aromatic nitrogens is 2. The summed E-state index contributed by atoms with van der Waals surface area (Å²) in [5.41, 5.74) is 8.40. The Labute approximate surface area is 104 Å². The van der Waals surface area contributed by atoms with E-state index in [4.69, 9.17) is 10.5 Å². The van der Waals surface area contributed by atoms with Gasteiger partial charge in [0, 0.05) is 5.69 Å². The van der Waals surface area contributed by atoms with Crippen molar-refractivity contribution in [3.05, 3.63) is 40.7 Å². The maximum absolute atomic E-state index is 11.9. The predicted molar refractivity (Wildman–Crippen MR) is 63.7 cm³/mol. The Hall–Kier alpha value is -2.37. The summed E-state index contributed by atoms with van der Waals surface area (Å²) in [6.07, 6.45) is 0. The van der Waals surface area contributed by atoms with Crippen molar-refractivity contribution in [3.8, 4) is 0 Å². The Kier molecular flexibility index (Phi) is 3.27. The minimum Gasteiger partial charge on any atom is -0.455 e. The molecule has 1 aromatic heterocycles. The van der Waals surface area contributed by atoms with E-state index in [1.165, 1.54) is 0 Å². The van der Waals surface area contributed by atoms with Crippen molar-refractivity contribution in [2.45, 2.75) is 20.5 Å². The van der Waals surface area contributed by atoms with Crippen LogP contribution >= 0.6 is 0 Å². The molecule has 2 aromatic rings. The lowest BCUT2D eigenvalue weighted by Crippen LogP contribution is -2.10. The molecular weight excluding hydrogens is 234 g/mol. The summed E-state index contributed by atoms with van der Waals surface area (Å²) >= 11 is 0. The Balaban J connectivity index is 2.11.